The predicted octanol–water partition coefficient (Wildman–Crippen LogP) is 5.18. The lowest BCUT2D eigenvalue weighted by atomic mass is 10.2. The van der Waals surface area contributed by atoms with E-state index in [1.54, 1.807) is 19.2 Å². The largest absolute Gasteiger partial charge is 0.496 e. The Balaban J connectivity index is 0.000000378. The van der Waals surface area contributed by atoms with Crippen LogP contribution in [0.4, 0.5) is 0 Å². The van der Waals surface area contributed by atoms with E-state index < -0.39 is 5.97 Å². The molecular weight excluding hydrogens is 470 g/mol. The van der Waals surface area contributed by atoms with E-state index in [1.807, 2.05) is 36.4 Å². The summed E-state index contributed by atoms with van der Waals surface area (Å²) in [6, 6.07) is 15.1. The molecule has 0 radical (unpaired) electrons. The zero-order chi connectivity index (χ0) is 24.4. The molecule has 0 unspecified atom stereocenters. The van der Waals surface area contributed by atoms with Gasteiger partial charge in [0, 0.05) is 31.3 Å². The van der Waals surface area contributed by atoms with Crippen LogP contribution in [0, 0.1) is 0 Å². The number of halogens is 1. The minimum atomic E-state index is -0.967. The molecule has 0 saturated carbocycles. The summed E-state index contributed by atoms with van der Waals surface area (Å²) in [5.41, 5.74) is 0.757. The quantitative estimate of drug-likeness (QED) is 0.313. The van der Waals surface area contributed by atoms with E-state index in [2.05, 4.69) is 11.8 Å². The van der Waals surface area contributed by atoms with E-state index in [0.29, 0.717) is 5.75 Å². The monoisotopic (exact) mass is 507 g/mol. The molecule has 1 aliphatic rings. The van der Waals surface area contributed by atoms with Crippen molar-refractivity contribution in [3.05, 3.63) is 60.2 Å². The fourth-order valence-corrected chi connectivity index (χ4v) is 3.23. The molecule has 0 aromatic heterocycles. The standard InChI is InChI=1S/C17H27NO3.C10H10O3.ClH/c1-2-3-12-20-16-5-7-17(8-6-16)21-13-4-9-18-10-14-19-15-11-18;1-13-9-5-3-2-4-8(9)6-7-10(11)12;/h5-8H,2-4,9-15H2,1H3;2-7H,1H3,(H,11,12);1H. The van der Waals surface area contributed by atoms with Gasteiger partial charge < -0.3 is 24.1 Å². The summed E-state index contributed by atoms with van der Waals surface area (Å²) < 4.78 is 21.8. The number of morpholine rings is 1. The number of hydrogen-bond donors (Lipinski definition) is 1. The Hall–Kier alpha value is -2.74. The van der Waals surface area contributed by atoms with E-state index in [-0.39, 0.29) is 12.4 Å². The highest BCUT2D eigenvalue weighted by Crippen LogP contribution is 2.19. The van der Waals surface area contributed by atoms with Crippen LogP contribution in [0.5, 0.6) is 17.2 Å². The van der Waals surface area contributed by atoms with Crippen LogP contribution in [-0.2, 0) is 9.53 Å². The van der Waals surface area contributed by atoms with Crippen LogP contribution in [-0.4, -0.2) is 69.1 Å². The number of carbonyl (C=O) groups is 1. The van der Waals surface area contributed by atoms with Crippen LogP contribution in [0.3, 0.4) is 0 Å². The third-order valence-corrected chi connectivity index (χ3v) is 5.13. The molecule has 35 heavy (non-hydrogen) atoms. The minimum absolute atomic E-state index is 0. The number of ether oxygens (including phenoxy) is 4. The Morgan fingerprint density at radius 1 is 1.00 bits per heavy atom. The van der Waals surface area contributed by atoms with Gasteiger partial charge in [-0.05, 0) is 49.2 Å². The van der Waals surface area contributed by atoms with Crippen LogP contribution in [0.15, 0.2) is 54.6 Å². The molecule has 2 aromatic rings. The van der Waals surface area contributed by atoms with Gasteiger partial charge >= 0.3 is 5.97 Å². The van der Waals surface area contributed by atoms with Crippen molar-refractivity contribution in [2.45, 2.75) is 26.2 Å². The number of carboxylic acid groups (broad SMARTS) is 1. The summed E-state index contributed by atoms with van der Waals surface area (Å²) in [7, 11) is 1.55. The highest BCUT2D eigenvalue weighted by Gasteiger charge is 2.09. The molecule has 1 saturated heterocycles. The summed E-state index contributed by atoms with van der Waals surface area (Å²) in [4.78, 5) is 12.7. The number of benzene rings is 2. The van der Waals surface area contributed by atoms with Crippen molar-refractivity contribution < 1.29 is 28.8 Å². The van der Waals surface area contributed by atoms with Crippen LogP contribution in [0.1, 0.15) is 31.7 Å². The maximum absolute atomic E-state index is 10.2. The summed E-state index contributed by atoms with van der Waals surface area (Å²) >= 11 is 0. The number of nitrogens with zero attached hydrogens (tertiary/aromatic N) is 1. The SMILES string of the molecule is CCCCOc1ccc(OCCCN2CCOCC2)cc1.COc1ccccc1C=CC(=O)O.Cl. The van der Waals surface area contributed by atoms with E-state index in [1.165, 1.54) is 6.08 Å². The summed E-state index contributed by atoms with van der Waals surface area (Å²) in [6.07, 6.45) is 5.89. The highest BCUT2D eigenvalue weighted by atomic mass is 35.5. The van der Waals surface area contributed by atoms with Crippen LogP contribution in [0.25, 0.3) is 6.08 Å². The fourth-order valence-electron chi connectivity index (χ4n) is 3.23. The van der Waals surface area contributed by atoms with Crippen molar-refractivity contribution in [2.24, 2.45) is 0 Å². The van der Waals surface area contributed by atoms with Crippen molar-refractivity contribution in [3.8, 4) is 17.2 Å². The molecule has 0 amide bonds. The molecule has 0 spiro atoms. The molecule has 1 fully saturated rings. The topological polar surface area (TPSA) is 77.5 Å². The molecule has 2 aromatic carbocycles. The highest BCUT2D eigenvalue weighted by molar-refractivity contribution is 5.86. The second kappa shape index (κ2) is 18.6. The molecule has 3 rings (SSSR count). The van der Waals surface area contributed by atoms with Gasteiger partial charge in [-0.1, -0.05) is 31.5 Å². The zero-order valence-corrected chi connectivity index (χ0v) is 21.5. The van der Waals surface area contributed by atoms with Gasteiger partial charge in [-0.25, -0.2) is 4.79 Å². The summed E-state index contributed by atoms with van der Waals surface area (Å²) in [5.74, 6) is 1.54. The normalized spacial score (nSPS) is 13.3. The lowest BCUT2D eigenvalue weighted by molar-refractivity contribution is -0.131. The van der Waals surface area contributed by atoms with Gasteiger partial charge in [0.2, 0.25) is 0 Å². The first-order chi connectivity index (χ1) is 16.6. The zero-order valence-electron chi connectivity index (χ0n) is 20.7. The lowest BCUT2D eigenvalue weighted by Crippen LogP contribution is -2.37. The third kappa shape index (κ3) is 13.1. The Labute approximate surface area is 215 Å². The van der Waals surface area contributed by atoms with Gasteiger partial charge in [0.1, 0.15) is 17.2 Å². The van der Waals surface area contributed by atoms with Crippen LogP contribution >= 0.6 is 12.4 Å². The van der Waals surface area contributed by atoms with Crippen molar-refractivity contribution in [3.63, 3.8) is 0 Å². The van der Waals surface area contributed by atoms with Gasteiger partial charge in [0.05, 0.1) is 33.5 Å². The van der Waals surface area contributed by atoms with Gasteiger partial charge in [-0.3, -0.25) is 4.90 Å². The first-order valence-electron chi connectivity index (χ1n) is 11.8. The fraction of sp³-hybridized carbons (Fsp3) is 0.444. The number of rotatable bonds is 12. The van der Waals surface area contributed by atoms with Crippen LogP contribution in [0.2, 0.25) is 0 Å². The third-order valence-electron chi connectivity index (χ3n) is 5.13. The number of aliphatic carboxylic acids is 1. The summed E-state index contributed by atoms with van der Waals surface area (Å²) in [5, 5.41) is 8.41. The number of methoxy groups -OCH3 is 1. The van der Waals surface area contributed by atoms with Crippen molar-refractivity contribution in [1.82, 2.24) is 4.90 Å². The Bertz CT molecular complexity index is 853. The Morgan fingerprint density at radius 3 is 2.17 bits per heavy atom. The number of unbranched alkanes of at least 4 members (excludes halogenated alkanes) is 1. The molecule has 0 bridgehead atoms. The molecule has 8 heteroatoms. The molecule has 1 aliphatic heterocycles. The summed E-state index contributed by atoms with van der Waals surface area (Å²) in [6.45, 7) is 8.61. The number of para-hydroxylation sites is 1. The second-order valence-electron chi connectivity index (χ2n) is 7.74. The van der Waals surface area contributed by atoms with Gasteiger partial charge in [-0.2, -0.15) is 0 Å². The predicted molar refractivity (Wildman–Crippen MR) is 141 cm³/mol. The first kappa shape index (κ1) is 30.3. The average Bonchev–Trinajstić information content (AvgIpc) is 2.87. The lowest BCUT2D eigenvalue weighted by Gasteiger charge is -2.26. The molecule has 0 aliphatic carbocycles. The average molecular weight is 508 g/mol. The Morgan fingerprint density at radius 2 is 1.60 bits per heavy atom. The molecule has 194 valence electrons. The number of hydrogen-bond acceptors (Lipinski definition) is 6. The van der Waals surface area contributed by atoms with Crippen molar-refractivity contribution >= 4 is 24.5 Å². The number of carboxylic acids is 1. The van der Waals surface area contributed by atoms with E-state index in [0.717, 1.165) is 88.5 Å². The maximum atomic E-state index is 10.2. The van der Waals surface area contributed by atoms with Crippen molar-refractivity contribution in [1.29, 1.82) is 0 Å². The van der Waals surface area contributed by atoms with Gasteiger partial charge in [0.15, 0.2) is 0 Å². The first-order valence-corrected chi connectivity index (χ1v) is 11.8. The minimum Gasteiger partial charge on any atom is -0.496 e. The molecule has 0 atom stereocenters. The second-order valence-corrected chi connectivity index (χ2v) is 7.74. The van der Waals surface area contributed by atoms with E-state index in [9.17, 15) is 4.79 Å². The molecular formula is C27H38ClNO6. The molecule has 1 N–H and O–H groups in total. The smallest absolute Gasteiger partial charge is 0.328 e. The van der Waals surface area contributed by atoms with Gasteiger partial charge in [-0.15, -0.1) is 12.4 Å². The molecule has 1 heterocycles. The van der Waals surface area contributed by atoms with Gasteiger partial charge in [0.25, 0.3) is 0 Å². The Kier molecular flexibility index (Phi) is 16.1. The van der Waals surface area contributed by atoms with Crippen LogP contribution < -0.4 is 14.2 Å². The van der Waals surface area contributed by atoms with E-state index >= 15 is 0 Å². The van der Waals surface area contributed by atoms with E-state index in [4.69, 9.17) is 24.1 Å². The maximum Gasteiger partial charge on any atom is 0.328 e. The molecule has 7 nitrogen and oxygen atoms in total. The van der Waals surface area contributed by atoms with Crippen molar-refractivity contribution in [2.75, 3.05) is 53.2 Å².